The number of carbonyl (C=O) groups is 2. The van der Waals surface area contributed by atoms with Crippen LogP contribution < -0.4 is 24.4 Å². The summed E-state index contributed by atoms with van der Waals surface area (Å²) in [6.45, 7) is 9.28. The average Bonchev–Trinajstić information content (AvgIpc) is 3.21. The maximum Gasteiger partial charge on any atom is 0.344 e. The third kappa shape index (κ3) is 6.34. The van der Waals surface area contributed by atoms with E-state index in [4.69, 9.17) is 18.9 Å². The monoisotopic (exact) mass is 564 g/mol. The minimum Gasteiger partial charge on any atom is -0.491 e. The highest BCUT2D eigenvalue weighted by molar-refractivity contribution is 7.07. The van der Waals surface area contributed by atoms with Crippen LogP contribution in [0.3, 0.4) is 0 Å². The lowest BCUT2D eigenvalue weighted by Crippen LogP contribution is -2.40. The van der Waals surface area contributed by atoms with E-state index in [9.17, 15) is 14.4 Å². The molecule has 0 radical (unpaired) electrons. The molecule has 2 heterocycles. The number of benzene rings is 2. The Morgan fingerprint density at radius 2 is 1.82 bits per heavy atom. The number of allylic oxidation sites excluding steroid dienone is 1. The van der Waals surface area contributed by atoms with E-state index >= 15 is 0 Å². The normalized spacial score (nSPS) is 14.9. The molecule has 210 valence electrons. The van der Waals surface area contributed by atoms with Crippen molar-refractivity contribution in [2.45, 2.75) is 46.8 Å². The summed E-state index contributed by atoms with van der Waals surface area (Å²) in [5.74, 6) is 0.0391. The van der Waals surface area contributed by atoms with Gasteiger partial charge in [-0.2, -0.15) is 0 Å². The Bertz CT molecular complexity index is 1620. The van der Waals surface area contributed by atoms with E-state index < -0.39 is 18.0 Å². The van der Waals surface area contributed by atoms with Crippen LogP contribution in [-0.2, 0) is 19.1 Å². The molecule has 0 amide bonds. The Balaban J connectivity index is 1.83. The summed E-state index contributed by atoms with van der Waals surface area (Å²) in [5.41, 5.74) is 1.82. The molecule has 0 aliphatic carbocycles. The predicted octanol–water partition coefficient (Wildman–Crippen LogP) is 3.53. The molecule has 0 spiro atoms. The Labute approximate surface area is 236 Å². The number of para-hydroxylation sites is 1. The molecule has 0 fully saturated rings. The van der Waals surface area contributed by atoms with Crippen LogP contribution in [0.5, 0.6) is 11.5 Å². The molecule has 3 aromatic rings. The Kier molecular flexibility index (Phi) is 9.21. The van der Waals surface area contributed by atoms with Crippen molar-refractivity contribution in [1.82, 2.24) is 4.57 Å². The third-order valence-electron chi connectivity index (χ3n) is 5.91. The average molecular weight is 565 g/mol. The number of esters is 2. The Morgan fingerprint density at radius 1 is 1.07 bits per heavy atom. The first-order chi connectivity index (χ1) is 19.2. The topological polar surface area (TPSA) is 105 Å². The first-order valence-corrected chi connectivity index (χ1v) is 13.9. The molecule has 9 nitrogen and oxygen atoms in total. The molecule has 10 heteroatoms. The third-order valence-corrected chi connectivity index (χ3v) is 6.89. The van der Waals surface area contributed by atoms with Gasteiger partial charge in [-0.15, -0.1) is 0 Å². The largest absolute Gasteiger partial charge is 0.491 e. The van der Waals surface area contributed by atoms with E-state index in [0.717, 1.165) is 0 Å². The van der Waals surface area contributed by atoms with E-state index in [0.29, 0.717) is 37.7 Å². The van der Waals surface area contributed by atoms with Gasteiger partial charge in [0.15, 0.2) is 11.4 Å². The number of carbonyl (C=O) groups excluding carboxylic acids is 2. The van der Waals surface area contributed by atoms with Gasteiger partial charge in [-0.25, -0.2) is 14.6 Å². The molecule has 1 atom stereocenters. The van der Waals surface area contributed by atoms with Gasteiger partial charge in [0.05, 0.1) is 35.1 Å². The lowest BCUT2D eigenvalue weighted by Gasteiger charge is -2.26. The van der Waals surface area contributed by atoms with Crippen molar-refractivity contribution < 1.29 is 28.5 Å². The van der Waals surface area contributed by atoms with Crippen molar-refractivity contribution >= 4 is 29.4 Å². The van der Waals surface area contributed by atoms with Gasteiger partial charge >= 0.3 is 11.9 Å². The maximum absolute atomic E-state index is 13.9. The summed E-state index contributed by atoms with van der Waals surface area (Å²) >= 11 is 1.22. The number of hydrogen-bond donors (Lipinski definition) is 0. The molecule has 1 aliphatic heterocycles. The highest BCUT2D eigenvalue weighted by atomic mass is 32.1. The second-order valence-corrected chi connectivity index (χ2v) is 10.2. The number of nitrogens with zero attached hydrogens (tertiary/aromatic N) is 2. The molecule has 1 aromatic heterocycles. The lowest BCUT2D eigenvalue weighted by molar-refractivity contribution is -0.145. The number of thiazole rings is 1. The summed E-state index contributed by atoms with van der Waals surface area (Å²) in [5, 5.41) is 0. The molecule has 0 saturated carbocycles. The minimum atomic E-state index is -0.786. The van der Waals surface area contributed by atoms with E-state index in [1.807, 2.05) is 44.2 Å². The molecular formula is C30H32N2O7S. The lowest BCUT2D eigenvalue weighted by atomic mass is 9.95. The zero-order chi connectivity index (χ0) is 28.8. The number of hydrogen-bond acceptors (Lipinski definition) is 9. The van der Waals surface area contributed by atoms with E-state index in [2.05, 4.69) is 4.99 Å². The molecule has 2 aromatic carbocycles. The number of aromatic nitrogens is 1. The summed E-state index contributed by atoms with van der Waals surface area (Å²) in [7, 11) is 0. The highest BCUT2D eigenvalue weighted by Gasteiger charge is 2.35. The quantitative estimate of drug-likeness (QED) is 0.347. The Morgan fingerprint density at radius 3 is 2.55 bits per heavy atom. The molecule has 0 saturated heterocycles. The van der Waals surface area contributed by atoms with Crippen LogP contribution in [0.2, 0.25) is 0 Å². The fourth-order valence-corrected chi connectivity index (χ4v) is 5.39. The molecule has 40 heavy (non-hydrogen) atoms. The van der Waals surface area contributed by atoms with Gasteiger partial charge in [0.1, 0.15) is 17.5 Å². The van der Waals surface area contributed by atoms with Crippen LogP contribution in [0.25, 0.3) is 6.08 Å². The summed E-state index contributed by atoms with van der Waals surface area (Å²) in [4.78, 5) is 43.9. The van der Waals surface area contributed by atoms with Gasteiger partial charge in [0, 0.05) is 5.56 Å². The number of fused-ring (bicyclic) bond motifs is 1. The van der Waals surface area contributed by atoms with Crippen LogP contribution in [0.15, 0.2) is 69.6 Å². The van der Waals surface area contributed by atoms with Gasteiger partial charge in [0.25, 0.3) is 5.56 Å². The molecule has 1 aliphatic rings. The predicted molar refractivity (Wildman–Crippen MR) is 151 cm³/mol. The first kappa shape index (κ1) is 28.8. The second-order valence-electron chi connectivity index (χ2n) is 9.17. The summed E-state index contributed by atoms with van der Waals surface area (Å²) in [6, 6.07) is 13.6. The van der Waals surface area contributed by atoms with Crippen molar-refractivity contribution in [2.75, 3.05) is 19.8 Å². The van der Waals surface area contributed by atoms with Crippen LogP contribution in [0, 0.1) is 0 Å². The van der Waals surface area contributed by atoms with Gasteiger partial charge in [-0.1, -0.05) is 41.7 Å². The second kappa shape index (κ2) is 12.8. The molecule has 0 N–H and O–H groups in total. The van der Waals surface area contributed by atoms with Crippen molar-refractivity contribution in [3.8, 4) is 11.5 Å². The van der Waals surface area contributed by atoms with Crippen molar-refractivity contribution in [3.05, 3.63) is 90.6 Å². The van der Waals surface area contributed by atoms with Crippen LogP contribution >= 0.6 is 11.3 Å². The van der Waals surface area contributed by atoms with E-state index in [1.165, 1.54) is 15.9 Å². The fraction of sp³-hybridized carbons (Fsp3) is 0.333. The molecular weight excluding hydrogens is 532 g/mol. The van der Waals surface area contributed by atoms with Gasteiger partial charge < -0.3 is 18.9 Å². The van der Waals surface area contributed by atoms with Crippen molar-refractivity contribution in [2.24, 2.45) is 4.99 Å². The van der Waals surface area contributed by atoms with E-state index in [-0.39, 0.29) is 37.1 Å². The standard InChI is InChI=1S/C30H32N2O7S/c1-6-36-25(33)17-38-21-12-10-11-20(15-21)16-24-28(34)32-27(22-13-8-9-14-23(22)39-18(3)4)26(29(35)37-7-2)19(5)31-30(32)40-24/h8-16,18,27H,6-7,17H2,1-5H3/b24-16-. The molecule has 4 rings (SSSR count). The zero-order valence-corrected chi connectivity index (χ0v) is 23.9. The van der Waals surface area contributed by atoms with E-state index in [1.54, 1.807) is 45.0 Å². The number of rotatable bonds is 10. The van der Waals surface area contributed by atoms with Crippen molar-refractivity contribution in [1.29, 1.82) is 0 Å². The summed E-state index contributed by atoms with van der Waals surface area (Å²) in [6.07, 6.45) is 1.62. The number of ether oxygens (including phenoxy) is 4. The molecule has 0 bridgehead atoms. The summed E-state index contributed by atoms with van der Waals surface area (Å²) < 4.78 is 23.9. The Hall–Kier alpha value is -4.18. The smallest absolute Gasteiger partial charge is 0.344 e. The van der Waals surface area contributed by atoms with Gasteiger partial charge in [-0.3, -0.25) is 9.36 Å². The van der Waals surface area contributed by atoms with Crippen LogP contribution in [0.1, 0.15) is 51.8 Å². The molecule has 1 unspecified atom stereocenters. The first-order valence-electron chi connectivity index (χ1n) is 13.1. The minimum absolute atomic E-state index is 0.119. The van der Waals surface area contributed by atoms with Gasteiger partial charge in [0.2, 0.25) is 0 Å². The SMILES string of the molecule is CCOC(=O)COc1cccc(/C=c2\sc3n(c2=O)C(c2ccccc2OC(C)C)C(C(=O)OCC)=C(C)N=3)c1. The fourth-order valence-electron chi connectivity index (χ4n) is 4.34. The van der Waals surface area contributed by atoms with Crippen LogP contribution in [0.4, 0.5) is 0 Å². The zero-order valence-electron chi connectivity index (χ0n) is 23.1. The maximum atomic E-state index is 13.9. The highest BCUT2D eigenvalue weighted by Crippen LogP contribution is 2.36. The van der Waals surface area contributed by atoms with Crippen LogP contribution in [-0.4, -0.2) is 42.4 Å². The van der Waals surface area contributed by atoms with Gasteiger partial charge in [-0.05, 0) is 64.5 Å². The van der Waals surface area contributed by atoms with Crippen molar-refractivity contribution in [3.63, 3.8) is 0 Å².